The monoisotopic (exact) mass is 272 g/mol. The van der Waals surface area contributed by atoms with Crippen LogP contribution in [-0.4, -0.2) is 24.1 Å². The average Bonchev–Trinajstić information content (AvgIpc) is 2.63. The van der Waals surface area contributed by atoms with Gasteiger partial charge in [-0.2, -0.15) is 0 Å². The molecule has 1 aromatic rings. The highest BCUT2D eigenvalue weighted by molar-refractivity contribution is 7.13. The molecule has 0 radical (unpaired) electrons. The van der Waals surface area contributed by atoms with Crippen molar-refractivity contribution in [2.75, 3.05) is 13.1 Å². The first-order valence-corrected chi connectivity index (χ1v) is 6.52. The normalized spacial score (nSPS) is 16.1. The molecule has 1 amide bonds. The van der Waals surface area contributed by atoms with Crippen molar-refractivity contribution in [3.05, 3.63) is 26.5 Å². The van der Waals surface area contributed by atoms with Crippen LogP contribution >= 0.6 is 22.9 Å². The van der Waals surface area contributed by atoms with Crippen LogP contribution in [0.2, 0.25) is 5.02 Å². The second-order valence-electron chi connectivity index (χ2n) is 3.90. The Labute approximate surface area is 108 Å². The summed E-state index contributed by atoms with van der Waals surface area (Å²) in [5, 5.41) is 16.9. The van der Waals surface area contributed by atoms with E-state index in [1.807, 2.05) is 6.92 Å². The van der Waals surface area contributed by atoms with Gasteiger partial charge in [-0.05, 0) is 19.9 Å². The molecule has 6 heteroatoms. The molecule has 0 saturated carbocycles. The third-order valence-corrected chi connectivity index (χ3v) is 4.14. The lowest BCUT2D eigenvalue weighted by Crippen LogP contribution is -2.34. The number of aromatic hydroxyl groups is 1. The number of hydrogen-bond donors (Lipinski definition) is 3. The second kappa shape index (κ2) is 5.08. The molecule has 1 aliphatic heterocycles. The van der Waals surface area contributed by atoms with E-state index in [1.54, 1.807) is 0 Å². The lowest BCUT2D eigenvalue weighted by molar-refractivity contribution is 0.0968. The van der Waals surface area contributed by atoms with E-state index in [4.69, 9.17) is 11.6 Å². The van der Waals surface area contributed by atoms with E-state index in [0.29, 0.717) is 11.4 Å². The number of carbonyl (C=O) groups is 1. The Morgan fingerprint density at radius 2 is 2.41 bits per heavy atom. The van der Waals surface area contributed by atoms with E-state index in [-0.39, 0.29) is 16.7 Å². The van der Waals surface area contributed by atoms with Crippen LogP contribution in [0.4, 0.5) is 0 Å². The Balaban J connectivity index is 2.14. The number of carbonyl (C=O) groups excluding carboxylic acids is 1. The summed E-state index contributed by atoms with van der Waals surface area (Å²) >= 11 is 6.96. The van der Waals surface area contributed by atoms with Crippen LogP contribution in [0.3, 0.4) is 0 Å². The van der Waals surface area contributed by atoms with Gasteiger partial charge in [-0.15, -0.1) is 11.3 Å². The van der Waals surface area contributed by atoms with Crippen LogP contribution < -0.4 is 10.6 Å². The molecule has 0 spiro atoms. The van der Waals surface area contributed by atoms with E-state index < -0.39 is 0 Å². The topological polar surface area (TPSA) is 61.4 Å². The average molecular weight is 273 g/mol. The summed E-state index contributed by atoms with van der Waals surface area (Å²) < 4.78 is 0. The number of halogens is 1. The molecule has 0 aliphatic carbocycles. The number of thiophene rings is 1. The smallest absolute Gasteiger partial charge is 0.267 e. The van der Waals surface area contributed by atoms with Crippen LogP contribution in [0, 0.1) is 0 Å². The quantitative estimate of drug-likeness (QED) is 0.773. The molecule has 4 nitrogen and oxygen atoms in total. The van der Waals surface area contributed by atoms with E-state index in [1.165, 1.54) is 11.0 Å². The van der Waals surface area contributed by atoms with Gasteiger partial charge in [-0.3, -0.25) is 4.79 Å². The zero-order valence-corrected chi connectivity index (χ0v) is 10.9. The lowest BCUT2D eigenvalue weighted by atomic mass is 10.1. The van der Waals surface area contributed by atoms with Gasteiger partial charge in [0.15, 0.2) is 0 Å². The van der Waals surface area contributed by atoms with Crippen molar-refractivity contribution in [1.29, 1.82) is 0 Å². The van der Waals surface area contributed by atoms with Crippen molar-refractivity contribution in [2.45, 2.75) is 13.3 Å². The van der Waals surface area contributed by atoms with Crippen LogP contribution in [0.1, 0.15) is 23.0 Å². The molecule has 3 N–H and O–H groups in total. The predicted octanol–water partition coefficient (Wildman–Crippen LogP) is 2.10. The molecule has 0 saturated heterocycles. The fraction of sp³-hybridized carbons (Fsp3) is 0.364. The molecule has 2 rings (SSSR count). The van der Waals surface area contributed by atoms with Crippen molar-refractivity contribution in [3.63, 3.8) is 0 Å². The van der Waals surface area contributed by atoms with Gasteiger partial charge in [0, 0.05) is 17.6 Å². The molecule has 2 heterocycles. The molecule has 0 aromatic carbocycles. The Morgan fingerprint density at radius 3 is 3.00 bits per heavy atom. The number of rotatable bonds is 2. The van der Waals surface area contributed by atoms with Crippen molar-refractivity contribution in [2.24, 2.45) is 0 Å². The minimum Gasteiger partial charge on any atom is -0.505 e. The molecule has 17 heavy (non-hydrogen) atoms. The van der Waals surface area contributed by atoms with Crippen LogP contribution in [-0.2, 0) is 0 Å². The first kappa shape index (κ1) is 12.4. The standard InChI is InChI=1S/C11H13ClN2O2S/c1-6-2-3-13-4-7(6)14-11(16)10-9(12)8(15)5-17-10/h5,13,15H,2-4H2,1H3,(H,14,16). The summed E-state index contributed by atoms with van der Waals surface area (Å²) in [6.07, 6.45) is 0.930. The minimum atomic E-state index is -0.265. The highest BCUT2D eigenvalue weighted by atomic mass is 35.5. The van der Waals surface area contributed by atoms with Gasteiger partial charge >= 0.3 is 0 Å². The molecule has 0 fully saturated rings. The van der Waals surface area contributed by atoms with Crippen molar-refractivity contribution < 1.29 is 9.90 Å². The van der Waals surface area contributed by atoms with Gasteiger partial charge in [0.2, 0.25) is 0 Å². The molecule has 0 bridgehead atoms. The maximum absolute atomic E-state index is 11.9. The Hall–Kier alpha value is -1.04. The summed E-state index contributed by atoms with van der Waals surface area (Å²) in [7, 11) is 0. The molecule has 0 unspecified atom stereocenters. The summed E-state index contributed by atoms with van der Waals surface area (Å²) in [5.41, 5.74) is 2.07. The predicted molar refractivity (Wildman–Crippen MR) is 68.6 cm³/mol. The van der Waals surface area contributed by atoms with Crippen molar-refractivity contribution >= 4 is 28.8 Å². The number of nitrogens with one attached hydrogen (secondary N) is 2. The number of amides is 1. The lowest BCUT2D eigenvalue weighted by Gasteiger charge is -2.19. The fourth-order valence-corrected chi connectivity index (χ4v) is 2.68. The molecular weight excluding hydrogens is 260 g/mol. The fourth-order valence-electron chi connectivity index (χ4n) is 1.62. The zero-order chi connectivity index (χ0) is 12.4. The van der Waals surface area contributed by atoms with E-state index in [0.717, 1.165) is 30.0 Å². The molecule has 1 aliphatic rings. The maximum Gasteiger partial charge on any atom is 0.267 e. The highest BCUT2D eigenvalue weighted by Gasteiger charge is 2.18. The summed E-state index contributed by atoms with van der Waals surface area (Å²) in [6.45, 7) is 3.60. The minimum absolute atomic E-state index is 0.0470. The molecular formula is C11H13ClN2O2S. The maximum atomic E-state index is 11.9. The number of hydrogen-bond acceptors (Lipinski definition) is 4. The highest BCUT2D eigenvalue weighted by Crippen LogP contribution is 2.33. The third-order valence-electron chi connectivity index (χ3n) is 2.68. The van der Waals surface area contributed by atoms with E-state index >= 15 is 0 Å². The molecule has 0 atom stereocenters. The molecule has 92 valence electrons. The Kier molecular flexibility index (Phi) is 3.71. The Bertz CT molecular complexity index is 482. The van der Waals surface area contributed by atoms with Gasteiger partial charge in [-0.25, -0.2) is 0 Å². The largest absolute Gasteiger partial charge is 0.505 e. The third kappa shape index (κ3) is 2.62. The Morgan fingerprint density at radius 1 is 1.65 bits per heavy atom. The van der Waals surface area contributed by atoms with E-state index in [2.05, 4.69) is 10.6 Å². The molecule has 1 aromatic heterocycles. The van der Waals surface area contributed by atoms with Gasteiger partial charge in [-0.1, -0.05) is 17.2 Å². The van der Waals surface area contributed by atoms with Gasteiger partial charge in [0.1, 0.15) is 15.6 Å². The van der Waals surface area contributed by atoms with E-state index in [9.17, 15) is 9.90 Å². The van der Waals surface area contributed by atoms with Crippen LogP contribution in [0.25, 0.3) is 0 Å². The summed E-state index contributed by atoms with van der Waals surface area (Å²) in [5.74, 6) is -0.312. The van der Waals surface area contributed by atoms with Crippen LogP contribution in [0.5, 0.6) is 5.75 Å². The van der Waals surface area contributed by atoms with Crippen molar-refractivity contribution in [3.8, 4) is 5.75 Å². The first-order chi connectivity index (χ1) is 8.09. The van der Waals surface area contributed by atoms with Crippen LogP contribution in [0.15, 0.2) is 16.7 Å². The summed E-state index contributed by atoms with van der Waals surface area (Å²) in [4.78, 5) is 12.3. The van der Waals surface area contributed by atoms with Crippen molar-refractivity contribution in [1.82, 2.24) is 10.6 Å². The summed E-state index contributed by atoms with van der Waals surface area (Å²) in [6, 6.07) is 0. The van der Waals surface area contributed by atoms with Gasteiger partial charge in [0.05, 0.1) is 0 Å². The van der Waals surface area contributed by atoms with Gasteiger partial charge < -0.3 is 15.7 Å². The van der Waals surface area contributed by atoms with Gasteiger partial charge in [0.25, 0.3) is 5.91 Å². The SMILES string of the molecule is CC1=C(NC(=O)c2scc(O)c2Cl)CNCC1. The zero-order valence-electron chi connectivity index (χ0n) is 9.34. The first-order valence-electron chi connectivity index (χ1n) is 5.26. The second-order valence-corrected chi connectivity index (χ2v) is 5.16.